The third-order valence-electron chi connectivity index (χ3n) is 9.13. The molecule has 0 amide bonds. The normalized spacial score (nSPS) is 12.1. The van der Waals surface area contributed by atoms with Crippen LogP contribution >= 0.6 is 0 Å². The molecule has 0 aliphatic heterocycles. The fraction of sp³-hybridized carbons (Fsp3) is 0.500. The summed E-state index contributed by atoms with van der Waals surface area (Å²) in [6.07, 6.45) is 8.41. The molecule has 0 bridgehead atoms. The first-order valence-corrected chi connectivity index (χ1v) is 19.0. The quantitative estimate of drug-likeness (QED) is 0.197. The maximum absolute atomic E-state index is 11.9. The zero-order valence-corrected chi connectivity index (χ0v) is 37.1. The molecule has 318 valence electrons. The topological polar surface area (TPSA) is 243 Å². The second kappa shape index (κ2) is 16.1. The molecule has 0 fully saturated rings. The lowest BCUT2D eigenvalue weighted by molar-refractivity contribution is 0.375. The number of imidazole rings is 2. The van der Waals surface area contributed by atoms with E-state index in [9.17, 15) is 19.2 Å². The van der Waals surface area contributed by atoms with E-state index in [1.165, 1.54) is 20.0 Å². The van der Waals surface area contributed by atoms with Crippen LogP contribution in [-0.4, -0.2) is 62.3 Å². The molecule has 0 radical (unpaired) electrons. The largest absolute Gasteiger partial charge is 0.383 e. The van der Waals surface area contributed by atoms with E-state index in [2.05, 4.69) is 60.2 Å². The number of H-pyrrole nitrogens is 1. The predicted molar refractivity (Wildman–Crippen MR) is 233 cm³/mol. The van der Waals surface area contributed by atoms with Crippen molar-refractivity contribution in [2.75, 3.05) is 11.5 Å². The van der Waals surface area contributed by atoms with Crippen LogP contribution in [0, 0.1) is 13.8 Å². The van der Waals surface area contributed by atoms with Crippen molar-refractivity contribution in [3.05, 3.63) is 90.4 Å². The van der Waals surface area contributed by atoms with Crippen LogP contribution < -0.4 is 33.8 Å². The Hall–Kier alpha value is -6.40. The van der Waals surface area contributed by atoms with Gasteiger partial charge in [-0.2, -0.15) is 4.98 Å². The van der Waals surface area contributed by atoms with Crippen molar-refractivity contribution in [2.45, 2.75) is 119 Å². The van der Waals surface area contributed by atoms with Crippen LogP contribution in [0.15, 0.2) is 56.6 Å². The highest BCUT2D eigenvalue weighted by atomic mass is 16.2. The van der Waals surface area contributed by atoms with Gasteiger partial charge in [-0.1, -0.05) is 0 Å². The minimum atomic E-state index is -0.358. The molecule has 5 N–H and O–H groups in total. The van der Waals surface area contributed by atoms with Crippen molar-refractivity contribution >= 4 is 45.1 Å². The van der Waals surface area contributed by atoms with Crippen molar-refractivity contribution in [3.8, 4) is 0 Å². The molecule has 0 saturated carbocycles. The van der Waals surface area contributed by atoms with Crippen LogP contribution in [0.5, 0.6) is 0 Å². The van der Waals surface area contributed by atoms with Crippen LogP contribution in [0.2, 0.25) is 0 Å². The molecule has 19 heteroatoms. The fourth-order valence-corrected chi connectivity index (χ4v) is 5.76. The summed E-state index contributed by atoms with van der Waals surface area (Å²) >= 11 is 0. The molecule has 0 spiro atoms. The molecule has 19 nitrogen and oxygen atoms in total. The molecule has 0 saturated heterocycles. The van der Waals surface area contributed by atoms with Gasteiger partial charge in [0.05, 0.1) is 24.4 Å². The van der Waals surface area contributed by atoms with Gasteiger partial charge >= 0.3 is 5.69 Å². The van der Waals surface area contributed by atoms with Crippen molar-refractivity contribution in [2.24, 2.45) is 14.1 Å². The summed E-state index contributed by atoms with van der Waals surface area (Å²) in [5.41, 5.74) is 13.4. The van der Waals surface area contributed by atoms with Gasteiger partial charge in [0.25, 0.3) is 16.7 Å². The Kier molecular flexibility index (Phi) is 12.4. The number of nitrogen functional groups attached to an aromatic ring is 2. The molecule has 0 unspecified atom stereocenters. The summed E-state index contributed by atoms with van der Waals surface area (Å²) in [4.78, 5) is 73.5. The van der Waals surface area contributed by atoms with Gasteiger partial charge in [-0.3, -0.25) is 28.5 Å². The number of hydrogen-bond donors (Lipinski definition) is 3. The summed E-state index contributed by atoms with van der Waals surface area (Å²) in [5.74, 6) is 1.47. The zero-order chi connectivity index (χ0) is 44.7. The van der Waals surface area contributed by atoms with Gasteiger partial charge in [-0.25, -0.2) is 29.7 Å². The van der Waals surface area contributed by atoms with E-state index in [-0.39, 0.29) is 50.5 Å². The second-order valence-electron chi connectivity index (χ2n) is 18.3. The van der Waals surface area contributed by atoms with E-state index >= 15 is 0 Å². The molecule has 7 heterocycles. The molecule has 7 rings (SSSR count). The molecule has 0 atom stereocenters. The standard InChI is InChI=1S/C11H16N4.C10H15N5O.C10H14N4O.C9H14N2O2/c1-7-13-9(12)8-5-6-15(10(8)14-7)11(2,3)4;1-10(2,3)15-5-12-6-7(15)13-9(11)14(4)8(6)16;1-10(2,3)14-6-11-7-8(14)12-5-13(4)9(7)15;1-6-5-11(9(2,3)4)8(13)10-7(6)12/h5-6H,1-4H3,(H2,12,13,14);5H,1-4H3,(H2,11,13);5-6H,1-4H3;5H,1-4H3,(H,10,12,13). The SMILES string of the molecule is Cc1cn(C(C)(C)C)c(=O)[nH]c1=O.Cc1nc(N)c2ccn(C(C)(C)C)c2n1.Cn1c(N)nc2c(ncn2C(C)(C)C)c1=O.Cn1cnc2c(ncn2C(C)(C)C)c1=O. The molecule has 0 aromatic carbocycles. The lowest BCUT2D eigenvalue weighted by atomic mass is 10.1. The summed E-state index contributed by atoms with van der Waals surface area (Å²) in [6.45, 7) is 27.9. The monoisotopic (exact) mass is 813 g/mol. The number of aromatic nitrogens is 13. The van der Waals surface area contributed by atoms with Gasteiger partial charge in [0.1, 0.15) is 17.3 Å². The lowest BCUT2D eigenvalue weighted by Gasteiger charge is -2.22. The molecular formula is C40H59N15O4. The minimum Gasteiger partial charge on any atom is -0.383 e. The van der Waals surface area contributed by atoms with E-state index in [1.54, 1.807) is 39.9 Å². The minimum absolute atomic E-state index is 0.00891. The number of aryl methyl sites for hydroxylation is 3. The van der Waals surface area contributed by atoms with Crippen LogP contribution in [0.4, 0.5) is 11.8 Å². The Morgan fingerprint density at radius 1 is 0.593 bits per heavy atom. The first-order chi connectivity index (χ1) is 26.9. The van der Waals surface area contributed by atoms with E-state index in [0.717, 1.165) is 11.0 Å². The highest BCUT2D eigenvalue weighted by Crippen LogP contribution is 2.25. The van der Waals surface area contributed by atoms with Crippen molar-refractivity contribution in [3.63, 3.8) is 0 Å². The zero-order valence-electron chi connectivity index (χ0n) is 37.1. The van der Waals surface area contributed by atoms with Gasteiger partial charge in [-0.05, 0) is 103 Å². The van der Waals surface area contributed by atoms with Gasteiger partial charge in [0, 0.05) is 54.2 Å². The second-order valence-corrected chi connectivity index (χ2v) is 18.3. The van der Waals surface area contributed by atoms with Gasteiger partial charge < -0.3 is 29.7 Å². The Morgan fingerprint density at radius 3 is 1.63 bits per heavy atom. The number of nitrogens with two attached hydrogens (primary N) is 2. The molecule has 7 aromatic rings. The first kappa shape index (κ1) is 45.3. The van der Waals surface area contributed by atoms with Gasteiger partial charge in [0.2, 0.25) is 5.95 Å². The maximum atomic E-state index is 11.9. The molecular weight excluding hydrogens is 755 g/mol. The Morgan fingerprint density at radius 2 is 1.10 bits per heavy atom. The van der Waals surface area contributed by atoms with E-state index in [0.29, 0.717) is 39.5 Å². The molecule has 59 heavy (non-hydrogen) atoms. The first-order valence-electron chi connectivity index (χ1n) is 19.0. The van der Waals surface area contributed by atoms with Gasteiger partial charge in [-0.15, -0.1) is 0 Å². The van der Waals surface area contributed by atoms with Crippen LogP contribution in [0.1, 0.15) is 94.5 Å². The third kappa shape index (κ3) is 9.84. The van der Waals surface area contributed by atoms with Crippen molar-refractivity contribution < 1.29 is 0 Å². The maximum Gasteiger partial charge on any atom is 0.328 e. The average molecular weight is 814 g/mol. The number of fused-ring (bicyclic) bond motifs is 3. The Labute approximate surface area is 341 Å². The smallest absolute Gasteiger partial charge is 0.328 e. The predicted octanol–water partition coefficient (Wildman–Crippen LogP) is 4.03. The van der Waals surface area contributed by atoms with Crippen LogP contribution in [0.3, 0.4) is 0 Å². The number of aromatic amines is 1. The fourth-order valence-electron chi connectivity index (χ4n) is 5.76. The van der Waals surface area contributed by atoms with Crippen LogP contribution in [0.25, 0.3) is 33.4 Å². The number of nitrogens with one attached hydrogen (secondary N) is 1. The molecule has 0 aliphatic carbocycles. The number of nitrogens with zero attached hydrogens (tertiary/aromatic N) is 12. The summed E-state index contributed by atoms with van der Waals surface area (Å²) in [7, 11) is 3.26. The Balaban J connectivity index is 0.000000174. The van der Waals surface area contributed by atoms with Crippen molar-refractivity contribution in [1.82, 2.24) is 62.3 Å². The highest BCUT2D eigenvalue weighted by Gasteiger charge is 2.21. The van der Waals surface area contributed by atoms with E-state index < -0.39 is 0 Å². The third-order valence-corrected chi connectivity index (χ3v) is 9.13. The Bertz CT molecular complexity index is 2870. The molecule has 7 aromatic heterocycles. The molecule has 0 aliphatic rings. The summed E-state index contributed by atoms with van der Waals surface area (Å²) < 4.78 is 10.1. The van der Waals surface area contributed by atoms with E-state index in [1.807, 2.05) is 90.6 Å². The summed E-state index contributed by atoms with van der Waals surface area (Å²) in [6, 6.07) is 1.97. The van der Waals surface area contributed by atoms with E-state index in [4.69, 9.17) is 11.5 Å². The highest BCUT2D eigenvalue weighted by molar-refractivity contribution is 5.86. The van der Waals surface area contributed by atoms with Crippen molar-refractivity contribution in [1.29, 1.82) is 0 Å². The number of anilines is 2. The number of hydrogen-bond acceptors (Lipinski definition) is 12. The van der Waals surface area contributed by atoms with Gasteiger partial charge in [0.15, 0.2) is 22.3 Å². The summed E-state index contributed by atoms with van der Waals surface area (Å²) in [5, 5.41) is 0.926. The van der Waals surface area contributed by atoms with Crippen LogP contribution in [-0.2, 0) is 36.3 Å². The lowest BCUT2D eigenvalue weighted by Crippen LogP contribution is -2.39. The average Bonchev–Trinajstić information content (AvgIpc) is 3.84. The number of rotatable bonds is 0.